The SMILES string of the molecule is Cc1nc2cc(Cl)nc(Cl)c2[nH]1. The highest BCUT2D eigenvalue weighted by Crippen LogP contribution is 2.22. The van der Waals surface area contributed by atoms with Crippen LogP contribution in [0.15, 0.2) is 6.07 Å². The summed E-state index contributed by atoms with van der Waals surface area (Å²) < 4.78 is 0. The highest BCUT2D eigenvalue weighted by molar-refractivity contribution is 6.35. The molecule has 62 valence electrons. The van der Waals surface area contributed by atoms with Crippen LogP contribution >= 0.6 is 23.2 Å². The van der Waals surface area contributed by atoms with Crippen molar-refractivity contribution in [2.75, 3.05) is 0 Å². The summed E-state index contributed by atoms with van der Waals surface area (Å²) in [5.41, 5.74) is 1.48. The van der Waals surface area contributed by atoms with Crippen LogP contribution in [-0.4, -0.2) is 15.0 Å². The fourth-order valence-electron chi connectivity index (χ4n) is 1.07. The Morgan fingerprint density at radius 3 is 2.83 bits per heavy atom. The van der Waals surface area contributed by atoms with Crippen molar-refractivity contribution in [3.05, 3.63) is 22.2 Å². The van der Waals surface area contributed by atoms with Crippen molar-refractivity contribution < 1.29 is 0 Å². The molecule has 0 aliphatic carbocycles. The molecule has 2 aromatic rings. The van der Waals surface area contributed by atoms with E-state index in [9.17, 15) is 0 Å². The molecular formula is C7H5Cl2N3. The summed E-state index contributed by atoms with van der Waals surface area (Å²) in [6.07, 6.45) is 0. The van der Waals surface area contributed by atoms with Crippen molar-refractivity contribution in [2.45, 2.75) is 6.92 Å². The van der Waals surface area contributed by atoms with Crippen LogP contribution in [0.4, 0.5) is 0 Å². The largest absolute Gasteiger partial charge is 0.340 e. The van der Waals surface area contributed by atoms with Crippen LogP contribution in [0.1, 0.15) is 5.82 Å². The molecule has 0 spiro atoms. The van der Waals surface area contributed by atoms with Gasteiger partial charge in [-0.15, -0.1) is 0 Å². The van der Waals surface area contributed by atoms with Gasteiger partial charge in [-0.2, -0.15) is 0 Å². The third-order valence-corrected chi connectivity index (χ3v) is 1.98. The first-order valence-corrected chi connectivity index (χ1v) is 4.11. The zero-order valence-corrected chi connectivity index (χ0v) is 7.74. The van der Waals surface area contributed by atoms with Gasteiger partial charge in [-0.1, -0.05) is 23.2 Å². The zero-order chi connectivity index (χ0) is 8.72. The first-order chi connectivity index (χ1) is 5.66. The van der Waals surface area contributed by atoms with Crippen molar-refractivity contribution >= 4 is 34.2 Å². The number of hydrogen-bond acceptors (Lipinski definition) is 2. The number of H-pyrrole nitrogens is 1. The Bertz CT molecular complexity index is 435. The first kappa shape index (κ1) is 7.83. The summed E-state index contributed by atoms with van der Waals surface area (Å²) in [4.78, 5) is 11.0. The van der Waals surface area contributed by atoms with E-state index in [1.54, 1.807) is 6.07 Å². The van der Waals surface area contributed by atoms with E-state index in [4.69, 9.17) is 23.2 Å². The second-order valence-electron chi connectivity index (χ2n) is 2.45. The highest BCUT2D eigenvalue weighted by Gasteiger charge is 2.05. The van der Waals surface area contributed by atoms with E-state index in [1.165, 1.54) is 0 Å². The topological polar surface area (TPSA) is 41.6 Å². The quantitative estimate of drug-likeness (QED) is 0.667. The van der Waals surface area contributed by atoms with Crippen molar-refractivity contribution in [3.8, 4) is 0 Å². The lowest BCUT2D eigenvalue weighted by atomic mass is 10.4. The van der Waals surface area contributed by atoms with Crippen LogP contribution < -0.4 is 0 Å². The molecule has 0 bridgehead atoms. The lowest BCUT2D eigenvalue weighted by Gasteiger charge is -1.91. The molecule has 0 atom stereocenters. The van der Waals surface area contributed by atoms with E-state index < -0.39 is 0 Å². The monoisotopic (exact) mass is 201 g/mol. The summed E-state index contributed by atoms with van der Waals surface area (Å²) in [5.74, 6) is 0.802. The fourth-order valence-corrected chi connectivity index (χ4v) is 1.53. The molecule has 5 heteroatoms. The molecule has 0 amide bonds. The Kier molecular flexibility index (Phi) is 1.70. The van der Waals surface area contributed by atoms with Crippen molar-refractivity contribution in [1.29, 1.82) is 0 Å². The molecule has 2 rings (SSSR count). The molecule has 0 fully saturated rings. The molecular weight excluding hydrogens is 197 g/mol. The number of nitrogens with one attached hydrogen (secondary N) is 1. The molecule has 0 radical (unpaired) electrons. The van der Waals surface area contributed by atoms with Gasteiger partial charge in [-0.05, 0) is 6.92 Å². The maximum atomic E-state index is 5.81. The molecule has 2 aromatic heterocycles. The van der Waals surface area contributed by atoms with Gasteiger partial charge < -0.3 is 4.98 Å². The van der Waals surface area contributed by atoms with Gasteiger partial charge in [0, 0.05) is 6.07 Å². The number of aryl methyl sites for hydroxylation is 1. The highest BCUT2D eigenvalue weighted by atomic mass is 35.5. The first-order valence-electron chi connectivity index (χ1n) is 3.35. The van der Waals surface area contributed by atoms with Crippen LogP contribution in [0, 0.1) is 6.92 Å². The van der Waals surface area contributed by atoms with Gasteiger partial charge in [0.15, 0.2) is 5.15 Å². The van der Waals surface area contributed by atoms with Gasteiger partial charge >= 0.3 is 0 Å². The number of rotatable bonds is 0. The summed E-state index contributed by atoms with van der Waals surface area (Å²) in [7, 11) is 0. The number of fused-ring (bicyclic) bond motifs is 1. The van der Waals surface area contributed by atoms with Crippen LogP contribution in [0.25, 0.3) is 11.0 Å². The van der Waals surface area contributed by atoms with Gasteiger partial charge in [0.25, 0.3) is 0 Å². The van der Waals surface area contributed by atoms with Crippen LogP contribution in [0.3, 0.4) is 0 Å². The average Bonchev–Trinajstić information content (AvgIpc) is 2.29. The molecule has 0 saturated heterocycles. The number of aromatic nitrogens is 3. The molecule has 0 aromatic carbocycles. The summed E-state index contributed by atoms with van der Waals surface area (Å²) >= 11 is 11.5. The normalized spacial score (nSPS) is 10.9. The van der Waals surface area contributed by atoms with Crippen molar-refractivity contribution in [2.24, 2.45) is 0 Å². The Morgan fingerprint density at radius 1 is 1.33 bits per heavy atom. The van der Waals surface area contributed by atoms with Crippen LogP contribution in [0.5, 0.6) is 0 Å². The second-order valence-corrected chi connectivity index (χ2v) is 3.20. The van der Waals surface area contributed by atoms with Gasteiger partial charge in [0.2, 0.25) is 0 Å². The molecule has 0 aliphatic rings. The Balaban J connectivity index is 2.88. The lowest BCUT2D eigenvalue weighted by molar-refractivity contribution is 1.17. The van der Waals surface area contributed by atoms with Crippen molar-refractivity contribution in [1.82, 2.24) is 15.0 Å². The van der Waals surface area contributed by atoms with Gasteiger partial charge in [0.1, 0.15) is 16.5 Å². The summed E-state index contributed by atoms with van der Waals surface area (Å²) in [6.45, 7) is 1.85. The fraction of sp³-hybridized carbons (Fsp3) is 0.143. The number of imidazole rings is 1. The average molecular weight is 202 g/mol. The van der Waals surface area contributed by atoms with Gasteiger partial charge in [-0.3, -0.25) is 0 Å². The number of aromatic amines is 1. The molecule has 2 heterocycles. The van der Waals surface area contributed by atoms with E-state index in [2.05, 4.69) is 15.0 Å². The molecule has 3 nitrogen and oxygen atoms in total. The number of halogens is 2. The lowest BCUT2D eigenvalue weighted by Crippen LogP contribution is -1.78. The Hall–Kier alpha value is -0.800. The minimum atomic E-state index is 0.359. The molecule has 0 aliphatic heterocycles. The maximum Gasteiger partial charge on any atom is 0.156 e. The number of hydrogen-bond donors (Lipinski definition) is 1. The molecule has 0 unspecified atom stereocenters. The minimum absolute atomic E-state index is 0.359. The predicted octanol–water partition coefficient (Wildman–Crippen LogP) is 2.57. The Labute approximate surface area is 78.7 Å². The van der Waals surface area contributed by atoms with Gasteiger partial charge in [-0.25, -0.2) is 9.97 Å². The van der Waals surface area contributed by atoms with E-state index in [0.29, 0.717) is 10.3 Å². The Morgan fingerprint density at radius 2 is 2.08 bits per heavy atom. The van der Waals surface area contributed by atoms with E-state index in [-0.39, 0.29) is 0 Å². The summed E-state index contributed by atoms with van der Waals surface area (Å²) in [6, 6.07) is 1.67. The third kappa shape index (κ3) is 1.15. The maximum absolute atomic E-state index is 5.81. The molecule has 0 saturated carbocycles. The van der Waals surface area contributed by atoms with Crippen LogP contribution in [-0.2, 0) is 0 Å². The van der Waals surface area contributed by atoms with Gasteiger partial charge in [0.05, 0.1) is 5.52 Å². The number of pyridine rings is 1. The minimum Gasteiger partial charge on any atom is -0.340 e. The van der Waals surface area contributed by atoms with E-state index in [1.807, 2.05) is 6.92 Å². The predicted molar refractivity (Wildman–Crippen MR) is 48.6 cm³/mol. The van der Waals surface area contributed by atoms with Crippen molar-refractivity contribution in [3.63, 3.8) is 0 Å². The van der Waals surface area contributed by atoms with E-state index in [0.717, 1.165) is 16.9 Å². The smallest absolute Gasteiger partial charge is 0.156 e. The second kappa shape index (κ2) is 2.61. The van der Waals surface area contributed by atoms with E-state index >= 15 is 0 Å². The molecule has 1 N–H and O–H groups in total. The standard InChI is InChI=1S/C7H5Cl2N3/c1-3-10-4-2-5(8)12-7(9)6(4)11-3/h2H,1H3,(H,10,11). The molecule has 12 heavy (non-hydrogen) atoms. The van der Waals surface area contributed by atoms with Crippen LogP contribution in [0.2, 0.25) is 10.3 Å². The zero-order valence-electron chi connectivity index (χ0n) is 6.23. The third-order valence-electron chi connectivity index (χ3n) is 1.52. The summed E-state index contributed by atoms with van der Waals surface area (Å²) in [5, 5.41) is 0.720. The number of nitrogens with zero attached hydrogens (tertiary/aromatic N) is 2.